The van der Waals surface area contributed by atoms with E-state index in [0.717, 1.165) is 24.3 Å². The van der Waals surface area contributed by atoms with E-state index in [1.54, 1.807) is 5.32 Å². The SMILES string of the molecule is O=C(Nc1ccc(F)c(NC(=O)C(F)(F)C(F)(F)OC(F)(F)F)c1F)c1cc(NC(=O)C2[C@H](c3ccc(F)c(C(F)(F)F)c3)C2(Cl)Cl)ccc1Cl. The number of amides is 3. The fourth-order valence-corrected chi connectivity index (χ4v) is 5.54. The lowest BCUT2D eigenvalue weighted by Crippen LogP contribution is -2.53. The van der Waals surface area contributed by atoms with Crippen LogP contribution in [0.3, 0.4) is 0 Å². The van der Waals surface area contributed by atoms with Crippen molar-refractivity contribution in [1.82, 2.24) is 0 Å². The number of halogens is 16. The van der Waals surface area contributed by atoms with Crippen LogP contribution in [0.4, 0.5) is 74.1 Å². The summed E-state index contributed by atoms with van der Waals surface area (Å²) < 4.78 is 173. The third-order valence-corrected chi connectivity index (χ3v) is 8.21. The van der Waals surface area contributed by atoms with Crippen LogP contribution < -0.4 is 16.0 Å². The van der Waals surface area contributed by atoms with Crippen molar-refractivity contribution in [2.45, 2.75) is 34.8 Å². The van der Waals surface area contributed by atoms with Gasteiger partial charge >= 0.3 is 30.5 Å². The molecule has 0 heterocycles. The van der Waals surface area contributed by atoms with E-state index in [1.165, 1.54) is 0 Å². The first kappa shape index (κ1) is 39.8. The largest absolute Gasteiger partial charge is 0.527 e. The third-order valence-electron chi connectivity index (χ3n) is 6.94. The first-order valence-electron chi connectivity index (χ1n) is 13.2. The summed E-state index contributed by atoms with van der Waals surface area (Å²) in [5.41, 5.74) is -5.78. The average Bonchev–Trinajstić information content (AvgIpc) is 3.57. The second-order valence-corrected chi connectivity index (χ2v) is 12.2. The Balaban J connectivity index is 1.52. The number of alkyl halides is 12. The molecule has 23 heteroatoms. The molecule has 276 valence electrons. The van der Waals surface area contributed by atoms with E-state index in [4.69, 9.17) is 34.8 Å². The number of rotatable bonds is 9. The number of anilines is 3. The Morgan fingerprint density at radius 2 is 1.37 bits per heavy atom. The van der Waals surface area contributed by atoms with Gasteiger partial charge in [-0.2, -0.15) is 30.7 Å². The molecular weight excluding hydrogens is 796 g/mol. The molecule has 3 aromatic carbocycles. The molecule has 3 N–H and O–H groups in total. The Kier molecular flexibility index (Phi) is 10.5. The van der Waals surface area contributed by atoms with Gasteiger partial charge in [0.25, 0.3) is 5.91 Å². The van der Waals surface area contributed by atoms with Gasteiger partial charge in [0.2, 0.25) is 5.91 Å². The molecule has 4 rings (SSSR count). The van der Waals surface area contributed by atoms with Crippen molar-refractivity contribution < 1.29 is 76.2 Å². The smallest absolute Gasteiger partial charge is 0.326 e. The third kappa shape index (κ3) is 8.23. The molecule has 0 radical (unpaired) electrons. The summed E-state index contributed by atoms with van der Waals surface area (Å²) in [6.45, 7) is 0. The molecule has 1 unspecified atom stereocenters. The highest BCUT2D eigenvalue weighted by atomic mass is 35.5. The van der Waals surface area contributed by atoms with E-state index in [2.05, 4.69) is 5.32 Å². The topological polar surface area (TPSA) is 96.5 Å². The maximum absolute atomic E-state index is 15.0. The van der Waals surface area contributed by atoms with E-state index < -0.39 is 103 Å². The van der Waals surface area contributed by atoms with Crippen molar-refractivity contribution in [3.8, 4) is 0 Å². The van der Waals surface area contributed by atoms with Gasteiger partial charge in [0, 0.05) is 11.6 Å². The number of hydrogen-bond donors (Lipinski definition) is 3. The Hall–Kier alpha value is -4.01. The van der Waals surface area contributed by atoms with Gasteiger partial charge in [-0.15, -0.1) is 36.4 Å². The summed E-state index contributed by atoms with van der Waals surface area (Å²) in [6.07, 6.45) is -18.0. The molecular formula is C28H13Cl3F13N3O4. The Morgan fingerprint density at radius 3 is 1.96 bits per heavy atom. The second-order valence-electron chi connectivity index (χ2n) is 10.4. The molecule has 1 fully saturated rings. The summed E-state index contributed by atoms with van der Waals surface area (Å²) in [5.74, 6) is -20.4. The van der Waals surface area contributed by atoms with Crippen molar-refractivity contribution in [3.63, 3.8) is 0 Å². The van der Waals surface area contributed by atoms with Crippen molar-refractivity contribution in [2.24, 2.45) is 5.92 Å². The molecule has 0 spiro atoms. The van der Waals surface area contributed by atoms with Crippen LogP contribution in [0.25, 0.3) is 0 Å². The number of ether oxygens (including phenoxy) is 1. The molecule has 3 amide bonds. The molecule has 0 saturated heterocycles. The summed E-state index contributed by atoms with van der Waals surface area (Å²) in [5, 5.41) is 4.31. The number of hydrogen-bond acceptors (Lipinski definition) is 4. The predicted molar refractivity (Wildman–Crippen MR) is 152 cm³/mol. The Bertz CT molecular complexity index is 1910. The van der Waals surface area contributed by atoms with Crippen LogP contribution in [-0.4, -0.2) is 40.4 Å². The fourth-order valence-electron chi connectivity index (χ4n) is 4.51. The van der Waals surface area contributed by atoms with E-state index in [9.17, 15) is 67.1 Å². The van der Waals surface area contributed by atoms with Crippen LogP contribution in [0.2, 0.25) is 5.02 Å². The van der Waals surface area contributed by atoms with Gasteiger partial charge in [0.1, 0.15) is 21.7 Å². The van der Waals surface area contributed by atoms with Crippen LogP contribution in [0.5, 0.6) is 0 Å². The van der Waals surface area contributed by atoms with Gasteiger partial charge in [-0.3, -0.25) is 14.4 Å². The maximum Gasteiger partial charge on any atom is 0.527 e. The zero-order chi connectivity index (χ0) is 38.6. The molecule has 0 bridgehead atoms. The Morgan fingerprint density at radius 1 is 0.765 bits per heavy atom. The number of nitrogens with one attached hydrogen (secondary N) is 3. The van der Waals surface area contributed by atoms with E-state index in [-0.39, 0.29) is 17.3 Å². The molecule has 2 atom stereocenters. The maximum atomic E-state index is 15.0. The van der Waals surface area contributed by atoms with E-state index >= 15 is 4.39 Å². The molecule has 1 saturated carbocycles. The van der Waals surface area contributed by atoms with Crippen LogP contribution >= 0.6 is 34.8 Å². The van der Waals surface area contributed by atoms with Crippen LogP contribution in [0.1, 0.15) is 27.4 Å². The number of carbonyl (C=O) groups excluding carboxylic acids is 3. The van der Waals surface area contributed by atoms with Crippen molar-refractivity contribution in [1.29, 1.82) is 0 Å². The summed E-state index contributed by atoms with van der Waals surface area (Å²) in [6, 6.07) is 5.48. The van der Waals surface area contributed by atoms with Gasteiger partial charge in [-0.1, -0.05) is 17.7 Å². The van der Waals surface area contributed by atoms with Gasteiger partial charge in [-0.05, 0) is 48.0 Å². The molecule has 7 nitrogen and oxygen atoms in total. The molecule has 1 aliphatic rings. The first-order valence-corrected chi connectivity index (χ1v) is 14.3. The minimum Gasteiger partial charge on any atom is -0.326 e. The van der Waals surface area contributed by atoms with E-state index in [0.29, 0.717) is 23.5 Å². The van der Waals surface area contributed by atoms with Crippen LogP contribution in [-0.2, 0) is 20.5 Å². The number of benzene rings is 3. The first-order chi connectivity index (χ1) is 23.2. The lowest BCUT2D eigenvalue weighted by Gasteiger charge is -2.25. The highest BCUT2D eigenvalue weighted by Gasteiger charge is 2.68. The number of carbonyl (C=O) groups is 3. The molecule has 1 aliphatic carbocycles. The summed E-state index contributed by atoms with van der Waals surface area (Å²) in [4.78, 5) is 37.6. The average molecular weight is 809 g/mol. The molecule has 0 aromatic heterocycles. The highest BCUT2D eigenvalue weighted by molar-refractivity contribution is 6.53. The minimum absolute atomic E-state index is 0.227. The molecule has 3 aromatic rings. The fraction of sp³-hybridized carbons (Fsp3) is 0.250. The van der Waals surface area contributed by atoms with Gasteiger partial charge < -0.3 is 16.0 Å². The highest BCUT2D eigenvalue weighted by Crippen LogP contribution is 2.65. The van der Waals surface area contributed by atoms with Gasteiger partial charge in [0.05, 0.1) is 27.8 Å². The lowest BCUT2D eigenvalue weighted by atomic mass is 10.0. The van der Waals surface area contributed by atoms with Gasteiger partial charge in [0.15, 0.2) is 5.82 Å². The molecule has 0 aliphatic heterocycles. The van der Waals surface area contributed by atoms with Crippen LogP contribution in [0.15, 0.2) is 48.5 Å². The summed E-state index contributed by atoms with van der Waals surface area (Å²) in [7, 11) is 0. The Labute approximate surface area is 289 Å². The van der Waals surface area contributed by atoms with Crippen LogP contribution in [0, 0.1) is 23.4 Å². The predicted octanol–water partition coefficient (Wildman–Crippen LogP) is 9.26. The second kappa shape index (κ2) is 13.5. The molecule has 51 heavy (non-hydrogen) atoms. The van der Waals surface area contributed by atoms with Crippen molar-refractivity contribution in [2.75, 3.05) is 16.0 Å². The van der Waals surface area contributed by atoms with Crippen molar-refractivity contribution >= 4 is 69.6 Å². The lowest BCUT2D eigenvalue weighted by molar-refractivity contribution is -0.457. The summed E-state index contributed by atoms with van der Waals surface area (Å²) >= 11 is 18.3. The zero-order valence-electron chi connectivity index (χ0n) is 24.0. The van der Waals surface area contributed by atoms with E-state index in [1.807, 2.05) is 4.74 Å². The quantitative estimate of drug-likeness (QED) is 0.148. The monoisotopic (exact) mass is 807 g/mol. The van der Waals surface area contributed by atoms with Crippen molar-refractivity contribution in [3.05, 3.63) is 87.7 Å². The minimum atomic E-state index is -6.54. The van der Waals surface area contributed by atoms with Gasteiger partial charge in [-0.25, -0.2) is 17.9 Å². The normalized spacial score (nSPS) is 17.5. The zero-order valence-corrected chi connectivity index (χ0v) is 26.2. The standard InChI is InChI=1S/C28H13Cl3F13N3O4/c29-13-3-2-10(45-22(49)18-17(24(18,30)31)9-1-4-14(32)12(7-9)26(37,38)39)8-11(13)21(48)46-16-6-5-15(33)20(19(16)34)47-23(50)25(35,36)27(40,41)51-28(42,43)44/h1-8,17-18H,(H,45,49)(H,46,48)(H,47,50)/t17-,18?/m0/s1.